The Balaban J connectivity index is 2.18. The van der Waals surface area contributed by atoms with Gasteiger partial charge >= 0.3 is 0 Å². The Morgan fingerprint density at radius 2 is 2.05 bits per heavy atom. The number of carbonyl (C=O) groups excluding carboxylic acids is 1. The van der Waals surface area contributed by atoms with E-state index < -0.39 is 0 Å². The molecule has 0 atom stereocenters. The third-order valence-electron chi connectivity index (χ3n) is 3.00. The molecule has 0 saturated heterocycles. The van der Waals surface area contributed by atoms with Crippen LogP contribution < -0.4 is 4.74 Å². The fourth-order valence-electron chi connectivity index (χ4n) is 2.12. The van der Waals surface area contributed by atoms with E-state index in [1.807, 2.05) is 28.7 Å². The third-order valence-corrected chi connectivity index (χ3v) is 3.97. The van der Waals surface area contributed by atoms with Crippen LogP contribution in [0.5, 0.6) is 5.75 Å². The van der Waals surface area contributed by atoms with Crippen molar-refractivity contribution in [1.82, 2.24) is 9.38 Å². The number of aromatic nitrogens is 2. The summed E-state index contributed by atoms with van der Waals surface area (Å²) in [6.45, 7) is 2.06. The van der Waals surface area contributed by atoms with Gasteiger partial charge in [-0.15, -0.1) is 11.3 Å². The van der Waals surface area contributed by atoms with E-state index >= 15 is 0 Å². The zero-order valence-electron chi connectivity index (χ0n) is 10.6. The first-order valence-electron chi connectivity index (χ1n) is 5.81. The van der Waals surface area contributed by atoms with Gasteiger partial charge in [-0.3, -0.25) is 9.20 Å². The van der Waals surface area contributed by atoms with Gasteiger partial charge < -0.3 is 4.74 Å². The highest BCUT2D eigenvalue weighted by Crippen LogP contribution is 2.32. The standard InChI is InChI=1S/C14H12N2O2S/c1-9-13(10-3-5-12(18-2)6-4-10)16-7-11(8-17)15-14(16)19-9/h3-8H,1-2H3. The summed E-state index contributed by atoms with van der Waals surface area (Å²) in [6.07, 6.45) is 2.54. The predicted octanol–water partition coefficient (Wildman–Crippen LogP) is 3.19. The predicted molar refractivity (Wildman–Crippen MR) is 75.2 cm³/mol. The molecule has 3 aromatic rings. The molecule has 2 heterocycles. The van der Waals surface area contributed by atoms with Crippen molar-refractivity contribution in [3.8, 4) is 17.0 Å². The second-order valence-corrected chi connectivity index (χ2v) is 5.35. The molecular formula is C14H12N2O2S. The Hall–Kier alpha value is -2.14. The smallest absolute Gasteiger partial charge is 0.195 e. The summed E-state index contributed by atoms with van der Waals surface area (Å²) in [7, 11) is 1.65. The number of benzene rings is 1. The van der Waals surface area contributed by atoms with E-state index in [0.717, 1.165) is 28.3 Å². The highest BCUT2D eigenvalue weighted by atomic mass is 32.1. The van der Waals surface area contributed by atoms with E-state index in [1.54, 1.807) is 24.6 Å². The molecular weight excluding hydrogens is 260 g/mol. The van der Waals surface area contributed by atoms with Gasteiger partial charge in [-0.05, 0) is 36.8 Å². The van der Waals surface area contributed by atoms with Crippen molar-refractivity contribution in [3.63, 3.8) is 0 Å². The van der Waals surface area contributed by atoms with Gasteiger partial charge in [0, 0.05) is 11.1 Å². The number of ether oxygens (including phenoxy) is 1. The van der Waals surface area contributed by atoms with Crippen molar-refractivity contribution in [2.24, 2.45) is 0 Å². The average molecular weight is 272 g/mol. The Kier molecular flexibility index (Phi) is 2.83. The van der Waals surface area contributed by atoms with Crippen LogP contribution in [0, 0.1) is 6.92 Å². The topological polar surface area (TPSA) is 43.6 Å². The van der Waals surface area contributed by atoms with Crippen LogP contribution >= 0.6 is 11.3 Å². The van der Waals surface area contributed by atoms with E-state index in [9.17, 15) is 4.79 Å². The molecule has 0 saturated carbocycles. The number of methoxy groups -OCH3 is 1. The van der Waals surface area contributed by atoms with Crippen LogP contribution in [0.15, 0.2) is 30.5 Å². The van der Waals surface area contributed by atoms with Crippen molar-refractivity contribution in [2.45, 2.75) is 6.92 Å². The van der Waals surface area contributed by atoms with Crippen molar-refractivity contribution in [2.75, 3.05) is 7.11 Å². The number of rotatable bonds is 3. The maximum atomic E-state index is 10.8. The lowest BCUT2D eigenvalue weighted by molar-refractivity contribution is 0.111. The van der Waals surface area contributed by atoms with Gasteiger partial charge in [-0.1, -0.05) is 0 Å². The Bertz CT molecular complexity index is 741. The second-order valence-electron chi connectivity index (χ2n) is 4.17. The van der Waals surface area contributed by atoms with E-state index in [2.05, 4.69) is 11.9 Å². The second kappa shape index (κ2) is 4.51. The fourth-order valence-corrected chi connectivity index (χ4v) is 3.10. The number of nitrogens with zero attached hydrogens (tertiary/aromatic N) is 2. The van der Waals surface area contributed by atoms with Crippen molar-refractivity contribution >= 4 is 22.6 Å². The molecule has 0 fully saturated rings. The number of fused-ring (bicyclic) bond motifs is 1. The number of aryl methyl sites for hydroxylation is 1. The Morgan fingerprint density at radius 3 is 2.68 bits per heavy atom. The summed E-state index contributed by atoms with van der Waals surface area (Å²) >= 11 is 1.58. The number of thiazole rings is 1. The molecule has 0 bridgehead atoms. The number of imidazole rings is 1. The van der Waals surface area contributed by atoms with Gasteiger partial charge in [0.2, 0.25) is 0 Å². The largest absolute Gasteiger partial charge is 0.497 e. The van der Waals surface area contributed by atoms with Crippen LogP contribution in [0.3, 0.4) is 0 Å². The quantitative estimate of drug-likeness (QED) is 0.688. The van der Waals surface area contributed by atoms with Gasteiger partial charge in [-0.25, -0.2) is 4.98 Å². The molecule has 0 aliphatic rings. The lowest BCUT2D eigenvalue weighted by Gasteiger charge is -2.04. The Labute approximate surface area is 114 Å². The van der Waals surface area contributed by atoms with Crippen molar-refractivity contribution in [3.05, 3.63) is 41.0 Å². The minimum Gasteiger partial charge on any atom is -0.497 e. The molecule has 0 N–H and O–H groups in total. The van der Waals surface area contributed by atoms with E-state index in [0.29, 0.717) is 5.69 Å². The zero-order valence-corrected chi connectivity index (χ0v) is 11.4. The van der Waals surface area contributed by atoms with Gasteiger partial charge in [0.15, 0.2) is 11.2 Å². The van der Waals surface area contributed by atoms with E-state index in [1.165, 1.54) is 4.88 Å². The van der Waals surface area contributed by atoms with E-state index in [4.69, 9.17) is 4.74 Å². The number of carbonyl (C=O) groups is 1. The van der Waals surface area contributed by atoms with Crippen LogP contribution in [0.2, 0.25) is 0 Å². The molecule has 96 valence electrons. The zero-order chi connectivity index (χ0) is 13.4. The van der Waals surface area contributed by atoms with Crippen molar-refractivity contribution < 1.29 is 9.53 Å². The van der Waals surface area contributed by atoms with Crippen LogP contribution in [-0.4, -0.2) is 22.8 Å². The highest BCUT2D eigenvalue weighted by Gasteiger charge is 2.13. The van der Waals surface area contributed by atoms with Gasteiger partial charge in [0.1, 0.15) is 11.4 Å². The minimum absolute atomic E-state index is 0.459. The summed E-state index contributed by atoms with van der Waals surface area (Å²) in [6, 6.07) is 7.87. The monoisotopic (exact) mass is 272 g/mol. The maximum Gasteiger partial charge on any atom is 0.195 e. The lowest BCUT2D eigenvalue weighted by Crippen LogP contribution is -1.87. The van der Waals surface area contributed by atoms with Gasteiger partial charge in [0.25, 0.3) is 0 Å². The molecule has 1 aromatic carbocycles. The first-order valence-corrected chi connectivity index (χ1v) is 6.62. The highest BCUT2D eigenvalue weighted by molar-refractivity contribution is 7.17. The maximum absolute atomic E-state index is 10.8. The summed E-state index contributed by atoms with van der Waals surface area (Å²) in [4.78, 5) is 17.1. The van der Waals surface area contributed by atoms with Gasteiger partial charge in [0.05, 0.1) is 12.8 Å². The van der Waals surface area contributed by atoms with E-state index in [-0.39, 0.29) is 0 Å². The van der Waals surface area contributed by atoms with Crippen LogP contribution in [0.1, 0.15) is 15.4 Å². The normalized spacial score (nSPS) is 10.8. The lowest BCUT2D eigenvalue weighted by atomic mass is 10.1. The van der Waals surface area contributed by atoms with Gasteiger partial charge in [-0.2, -0.15) is 0 Å². The fraction of sp³-hybridized carbons (Fsp3) is 0.143. The summed E-state index contributed by atoms with van der Waals surface area (Å²) in [5.41, 5.74) is 2.61. The number of hydrogen-bond donors (Lipinski definition) is 0. The van der Waals surface area contributed by atoms with Crippen LogP contribution in [-0.2, 0) is 0 Å². The Morgan fingerprint density at radius 1 is 1.32 bits per heavy atom. The molecule has 4 nitrogen and oxygen atoms in total. The molecule has 5 heteroatoms. The number of hydrogen-bond acceptors (Lipinski definition) is 4. The van der Waals surface area contributed by atoms with Crippen LogP contribution in [0.25, 0.3) is 16.2 Å². The molecule has 2 aromatic heterocycles. The molecule has 0 spiro atoms. The molecule has 0 unspecified atom stereocenters. The summed E-state index contributed by atoms with van der Waals surface area (Å²) in [5, 5.41) is 0. The number of aldehydes is 1. The van der Waals surface area contributed by atoms with Crippen LogP contribution in [0.4, 0.5) is 0 Å². The summed E-state index contributed by atoms with van der Waals surface area (Å²) in [5.74, 6) is 0.826. The molecule has 3 rings (SSSR count). The minimum atomic E-state index is 0.459. The SMILES string of the molecule is COc1ccc(-c2c(C)sc3nc(C=O)cn23)cc1. The molecule has 0 aliphatic carbocycles. The third kappa shape index (κ3) is 1.92. The first-order chi connectivity index (χ1) is 9.22. The molecule has 0 aliphatic heterocycles. The average Bonchev–Trinajstić information content (AvgIpc) is 2.95. The molecule has 0 radical (unpaired) electrons. The first kappa shape index (κ1) is 11.9. The summed E-state index contributed by atoms with van der Waals surface area (Å²) < 4.78 is 7.13. The molecule has 19 heavy (non-hydrogen) atoms. The van der Waals surface area contributed by atoms with Crippen molar-refractivity contribution in [1.29, 1.82) is 0 Å². The molecule has 0 amide bonds.